The molecule has 5 heteroatoms. The Labute approximate surface area is 119 Å². The van der Waals surface area contributed by atoms with Gasteiger partial charge in [-0.2, -0.15) is 0 Å². The summed E-state index contributed by atoms with van der Waals surface area (Å²) in [6, 6.07) is 2.25. The highest BCUT2D eigenvalue weighted by Crippen LogP contribution is 2.37. The molecule has 1 amide bonds. The van der Waals surface area contributed by atoms with Gasteiger partial charge >= 0.3 is 0 Å². The molecular formula is C15H23N3O2. The molecule has 2 N–H and O–H groups in total. The second kappa shape index (κ2) is 5.48. The van der Waals surface area contributed by atoms with Crippen LogP contribution in [-0.4, -0.2) is 41.7 Å². The summed E-state index contributed by atoms with van der Waals surface area (Å²) in [4.78, 5) is 14.3. The third-order valence-electron chi connectivity index (χ3n) is 4.13. The van der Waals surface area contributed by atoms with E-state index >= 15 is 0 Å². The molecular weight excluding hydrogens is 254 g/mol. The smallest absolute Gasteiger partial charge is 0.270 e. The van der Waals surface area contributed by atoms with Crippen molar-refractivity contribution in [2.24, 2.45) is 0 Å². The number of carbonyl (C=O) groups is 1. The maximum atomic E-state index is 12.6. The average Bonchev–Trinajstić information content (AvgIpc) is 3.22. The molecule has 1 aliphatic carbocycles. The molecule has 0 radical (unpaired) electrons. The number of nitrogens with two attached hydrogens (primary N) is 1. The highest BCUT2D eigenvalue weighted by molar-refractivity contribution is 5.93. The first-order valence-electron chi connectivity index (χ1n) is 7.49. The van der Waals surface area contributed by atoms with Gasteiger partial charge in [0.25, 0.3) is 5.91 Å². The van der Waals surface area contributed by atoms with Gasteiger partial charge in [-0.25, -0.2) is 0 Å². The molecule has 0 spiro atoms. The maximum Gasteiger partial charge on any atom is 0.270 e. The van der Waals surface area contributed by atoms with Crippen molar-refractivity contribution in [2.75, 3.05) is 25.9 Å². The summed E-state index contributed by atoms with van der Waals surface area (Å²) in [5.41, 5.74) is 7.23. The molecule has 20 heavy (non-hydrogen) atoms. The minimum absolute atomic E-state index is 0.0442. The van der Waals surface area contributed by atoms with Crippen molar-refractivity contribution < 1.29 is 9.53 Å². The Morgan fingerprint density at radius 2 is 2.25 bits per heavy atom. The van der Waals surface area contributed by atoms with Gasteiger partial charge in [-0.05, 0) is 38.2 Å². The van der Waals surface area contributed by atoms with E-state index in [-0.39, 0.29) is 12.0 Å². The van der Waals surface area contributed by atoms with Crippen LogP contribution in [0.3, 0.4) is 0 Å². The van der Waals surface area contributed by atoms with Gasteiger partial charge < -0.3 is 19.9 Å². The van der Waals surface area contributed by atoms with Crippen LogP contribution in [0.2, 0.25) is 0 Å². The van der Waals surface area contributed by atoms with E-state index in [2.05, 4.69) is 0 Å². The highest BCUT2D eigenvalue weighted by atomic mass is 16.5. The van der Waals surface area contributed by atoms with Gasteiger partial charge in [0.05, 0.1) is 11.8 Å². The molecule has 2 fully saturated rings. The maximum absolute atomic E-state index is 12.6. The molecule has 2 aliphatic rings. The summed E-state index contributed by atoms with van der Waals surface area (Å²) in [5, 5.41) is 0. The fourth-order valence-electron chi connectivity index (χ4n) is 2.86. The lowest BCUT2D eigenvalue weighted by Gasteiger charge is -2.27. The largest absolute Gasteiger partial charge is 0.397 e. The number of amides is 1. The fraction of sp³-hybridized carbons (Fsp3) is 0.667. The molecule has 1 atom stereocenters. The Balaban J connectivity index is 1.68. The van der Waals surface area contributed by atoms with Crippen LogP contribution in [0.25, 0.3) is 0 Å². The van der Waals surface area contributed by atoms with Gasteiger partial charge in [0.1, 0.15) is 5.69 Å². The Morgan fingerprint density at radius 1 is 1.45 bits per heavy atom. The van der Waals surface area contributed by atoms with Crippen LogP contribution in [0.4, 0.5) is 5.69 Å². The van der Waals surface area contributed by atoms with Gasteiger partial charge in [-0.3, -0.25) is 4.79 Å². The van der Waals surface area contributed by atoms with Gasteiger partial charge in [0.2, 0.25) is 0 Å². The number of nitrogen functional groups attached to an aromatic ring is 1. The molecule has 3 rings (SSSR count). The molecule has 1 saturated heterocycles. The lowest BCUT2D eigenvalue weighted by atomic mass is 10.1. The van der Waals surface area contributed by atoms with Crippen molar-refractivity contribution in [1.29, 1.82) is 0 Å². The monoisotopic (exact) mass is 277 g/mol. The SMILES string of the molecule is CN(CC1CCCCO1)C(=O)c1cc(N)cn1C1CC1. The Morgan fingerprint density at radius 3 is 2.90 bits per heavy atom. The van der Waals surface area contributed by atoms with Crippen LogP contribution in [0.1, 0.15) is 48.6 Å². The molecule has 1 aromatic rings. The topological polar surface area (TPSA) is 60.5 Å². The first-order valence-corrected chi connectivity index (χ1v) is 7.49. The van der Waals surface area contributed by atoms with Crippen LogP contribution in [0.15, 0.2) is 12.3 Å². The molecule has 0 bridgehead atoms. The number of hydrogen-bond acceptors (Lipinski definition) is 3. The van der Waals surface area contributed by atoms with Crippen LogP contribution in [0.5, 0.6) is 0 Å². The molecule has 0 aromatic carbocycles. The number of likely N-dealkylation sites (N-methyl/N-ethyl adjacent to an activating group) is 1. The highest BCUT2D eigenvalue weighted by Gasteiger charge is 2.29. The normalized spacial score (nSPS) is 22.8. The van der Waals surface area contributed by atoms with Gasteiger partial charge in [-0.15, -0.1) is 0 Å². The van der Waals surface area contributed by atoms with Gasteiger partial charge in [0.15, 0.2) is 0 Å². The zero-order chi connectivity index (χ0) is 14.1. The zero-order valence-electron chi connectivity index (χ0n) is 12.0. The molecule has 1 saturated carbocycles. The van der Waals surface area contributed by atoms with Crippen LogP contribution in [0, 0.1) is 0 Å². The first-order chi connectivity index (χ1) is 9.65. The van der Waals surface area contributed by atoms with E-state index in [1.807, 2.05) is 17.8 Å². The van der Waals surface area contributed by atoms with Crippen molar-refractivity contribution in [3.05, 3.63) is 18.0 Å². The van der Waals surface area contributed by atoms with Gasteiger partial charge in [0, 0.05) is 32.4 Å². The summed E-state index contributed by atoms with van der Waals surface area (Å²) in [6.07, 6.45) is 7.72. The van der Waals surface area contributed by atoms with Crippen molar-refractivity contribution in [1.82, 2.24) is 9.47 Å². The number of anilines is 1. The minimum atomic E-state index is 0.0442. The Bertz CT molecular complexity index is 487. The average molecular weight is 277 g/mol. The molecule has 1 aliphatic heterocycles. The summed E-state index contributed by atoms with van der Waals surface area (Å²) in [7, 11) is 1.85. The van der Waals surface area contributed by atoms with E-state index in [9.17, 15) is 4.79 Å². The number of carbonyl (C=O) groups excluding carboxylic acids is 1. The second-order valence-electron chi connectivity index (χ2n) is 5.97. The summed E-state index contributed by atoms with van der Waals surface area (Å²) < 4.78 is 7.74. The molecule has 5 nitrogen and oxygen atoms in total. The lowest BCUT2D eigenvalue weighted by molar-refractivity contribution is -0.000374. The Kier molecular flexibility index (Phi) is 3.70. The van der Waals surface area contributed by atoms with E-state index in [0.717, 1.165) is 32.3 Å². The van der Waals surface area contributed by atoms with Crippen LogP contribution < -0.4 is 5.73 Å². The van der Waals surface area contributed by atoms with E-state index in [1.165, 1.54) is 6.42 Å². The van der Waals surface area contributed by atoms with Crippen LogP contribution in [-0.2, 0) is 4.74 Å². The minimum Gasteiger partial charge on any atom is -0.397 e. The van der Waals surface area contributed by atoms with Crippen molar-refractivity contribution in [2.45, 2.75) is 44.2 Å². The van der Waals surface area contributed by atoms with Crippen LogP contribution >= 0.6 is 0 Å². The quantitative estimate of drug-likeness (QED) is 0.916. The van der Waals surface area contributed by atoms with Gasteiger partial charge in [-0.1, -0.05) is 0 Å². The number of nitrogens with zero attached hydrogens (tertiary/aromatic N) is 2. The third kappa shape index (κ3) is 2.82. The summed E-state index contributed by atoms with van der Waals surface area (Å²) in [5.74, 6) is 0.0442. The number of aromatic nitrogens is 1. The summed E-state index contributed by atoms with van der Waals surface area (Å²) >= 11 is 0. The number of ether oxygens (including phenoxy) is 1. The summed E-state index contributed by atoms with van der Waals surface area (Å²) in [6.45, 7) is 1.48. The van der Waals surface area contributed by atoms with E-state index in [0.29, 0.717) is 24.0 Å². The van der Waals surface area contributed by atoms with Crippen molar-refractivity contribution >= 4 is 11.6 Å². The molecule has 2 heterocycles. The Hall–Kier alpha value is -1.49. The first kappa shape index (κ1) is 13.5. The predicted molar refractivity (Wildman–Crippen MR) is 77.7 cm³/mol. The molecule has 110 valence electrons. The van der Waals surface area contributed by atoms with E-state index < -0.39 is 0 Å². The van der Waals surface area contributed by atoms with E-state index in [4.69, 9.17) is 10.5 Å². The van der Waals surface area contributed by atoms with E-state index in [1.54, 1.807) is 11.0 Å². The lowest BCUT2D eigenvalue weighted by Crippen LogP contribution is -2.37. The third-order valence-corrected chi connectivity index (χ3v) is 4.13. The fourth-order valence-corrected chi connectivity index (χ4v) is 2.86. The number of rotatable bonds is 4. The zero-order valence-corrected chi connectivity index (χ0v) is 12.0. The predicted octanol–water partition coefficient (Wildman–Crippen LogP) is 2.05. The van der Waals surface area contributed by atoms with Crippen molar-refractivity contribution in [3.8, 4) is 0 Å². The second-order valence-corrected chi connectivity index (χ2v) is 5.97. The molecule has 1 aromatic heterocycles. The standard InChI is InChI=1S/C15H23N3O2/c1-17(10-13-4-2-3-7-20-13)15(19)14-8-11(16)9-18(14)12-5-6-12/h8-9,12-13H,2-7,10,16H2,1H3. The number of hydrogen-bond donors (Lipinski definition) is 1. The molecule has 1 unspecified atom stereocenters. The van der Waals surface area contributed by atoms with Crippen molar-refractivity contribution in [3.63, 3.8) is 0 Å².